The predicted octanol–water partition coefficient (Wildman–Crippen LogP) is -3.48. The number of aromatic amines is 1. The van der Waals surface area contributed by atoms with E-state index in [1.807, 2.05) is 6.20 Å². The number of halogens is 2. The summed E-state index contributed by atoms with van der Waals surface area (Å²) in [7, 11) is 0. The van der Waals surface area contributed by atoms with Gasteiger partial charge >= 0.3 is 96.5 Å². The van der Waals surface area contributed by atoms with E-state index in [4.69, 9.17) is 0 Å². The zero-order chi connectivity index (χ0) is 9.97. The second kappa shape index (κ2) is 7.32. The van der Waals surface area contributed by atoms with E-state index in [2.05, 4.69) is 49.2 Å². The van der Waals surface area contributed by atoms with Gasteiger partial charge in [-0.3, -0.25) is 0 Å². The molecule has 1 N–H and O–H groups in total. The molecule has 0 aliphatic heterocycles. The molecule has 1 aromatic rings. The molecule has 0 saturated heterocycles. The zero-order valence-electron chi connectivity index (χ0n) is 9.22. The third kappa shape index (κ3) is 3.77. The van der Waals surface area contributed by atoms with Crippen molar-refractivity contribution in [2.45, 2.75) is 13.8 Å². The van der Waals surface area contributed by atoms with E-state index in [-0.39, 0.29) is 24.8 Å². The number of H-pyrrole nitrogens is 1. The van der Waals surface area contributed by atoms with Gasteiger partial charge in [0, 0.05) is 0 Å². The predicted molar refractivity (Wildman–Crippen MR) is 56.0 cm³/mol. The van der Waals surface area contributed by atoms with Crippen LogP contribution in [0.15, 0.2) is 51.0 Å². The first kappa shape index (κ1) is 16.0. The Balaban J connectivity index is 0.00000112. The summed E-state index contributed by atoms with van der Waals surface area (Å²) in [4.78, 5) is 3.31. The van der Waals surface area contributed by atoms with Gasteiger partial charge in [-0.2, -0.15) is 0 Å². The third-order valence-corrected chi connectivity index (χ3v) is 5.38. The standard InChI is InChI=1S/C8H9.C4H4N.2ClH.Zr/c1-7(2)8-5-3-4-6-8;1-2-4-5-3-1;;;/h3-5H,1-2H3;1-3,5H;2*1H;/q;;;;+2/p-2. The summed E-state index contributed by atoms with van der Waals surface area (Å²) in [5.41, 5.74) is 2.89. The topological polar surface area (TPSA) is 15.8 Å². The summed E-state index contributed by atoms with van der Waals surface area (Å²) in [5.74, 6) is 0. The molecule has 1 aliphatic carbocycles. The molecule has 0 radical (unpaired) electrons. The summed E-state index contributed by atoms with van der Waals surface area (Å²) >= 11 is -0.589. The molecule has 84 valence electrons. The first-order chi connectivity index (χ1) is 6.77. The summed E-state index contributed by atoms with van der Waals surface area (Å²) in [6.45, 7) is 4.37. The number of aromatic nitrogens is 1. The fraction of sp³-hybridized carbons (Fsp3) is 0.167. The van der Waals surface area contributed by atoms with Crippen molar-refractivity contribution in [3.05, 3.63) is 51.0 Å². The van der Waals surface area contributed by atoms with Gasteiger partial charge in [0.1, 0.15) is 0 Å². The Bertz CT molecular complexity index is 412. The molecule has 0 unspecified atom stereocenters. The van der Waals surface area contributed by atoms with E-state index in [0.29, 0.717) is 0 Å². The molecule has 0 atom stereocenters. The van der Waals surface area contributed by atoms with Crippen LogP contribution in [-0.4, -0.2) is 4.98 Å². The molecule has 2 rings (SSSR count). The SMILES string of the molecule is CC(C)=C1C=CC=[C]1[Zr+2][c]1ccc[nH]1.[Cl-].[Cl-]. The summed E-state index contributed by atoms with van der Waals surface area (Å²) < 4.78 is 3.03. The van der Waals surface area contributed by atoms with E-state index in [9.17, 15) is 0 Å². The Morgan fingerprint density at radius 2 is 2.00 bits per heavy atom. The Labute approximate surface area is 120 Å². The summed E-state index contributed by atoms with van der Waals surface area (Å²) in [5, 5.41) is 0. The Morgan fingerprint density at radius 1 is 1.25 bits per heavy atom. The van der Waals surface area contributed by atoms with E-state index in [1.54, 1.807) is 3.28 Å². The molecule has 0 saturated carbocycles. The molecule has 1 aliphatic rings. The van der Waals surface area contributed by atoms with Gasteiger partial charge in [0.15, 0.2) is 0 Å². The molecule has 0 amide bonds. The van der Waals surface area contributed by atoms with Crippen LogP contribution in [0.2, 0.25) is 0 Å². The maximum Gasteiger partial charge on any atom is -1.00 e. The number of nitrogens with one attached hydrogen (secondary N) is 1. The van der Waals surface area contributed by atoms with Crippen molar-refractivity contribution in [1.82, 2.24) is 4.98 Å². The first-order valence-corrected chi connectivity index (χ1v) is 7.20. The Kier molecular flexibility index (Phi) is 7.30. The van der Waals surface area contributed by atoms with Crippen LogP contribution in [0.4, 0.5) is 0 Å². The van der Waals surface area contributed by atoms with Gasteiger partial charge in [0.2, 0.25) is 0 Å². The van der Waals surface area contributed by atoms with Crippen molar-refractivity contribution in [1.29, 1.82) is 0 Å². The van der Waals surface area contributed by atoms with Crippen LogP contribution >= 0.6 is 0 Å². The second-order valence-electron chi connectivity index (χ2n) is 3.56. The van der Waals surface area contributed by atoms with Crippen LogP contribution in [0.1, 0.15) is 13.8 Å². The van der Waals surface area contributed by atoms with Crippen LogP contribution in [0.25, 0.3) is 0 Å². The average molecular weight is 333 g/mol. The number of allylic oxidation sites excluding steroid dienone is 6. The number of rotatable bonds is 2. The van der Waals surface area contributed by atoms with Gasteiger partial charge in [-0.05, 0) is 0 Å². The van der Waals surface area contributed by atoms with Crippen molar-refractivity contribution in [3.63, 3.8) is 0 Å². The van der Waals surface area contributed by atoms with Gasteiger partial charge in [-0.15, -0.1) is 0 Å². The quantitative estimate of drug-likeness (QED) is 0.579. The molecule has 1 nitrogen and oxygen atoms in total. The van der Waals surface area contributed by atoms with Crippen LogP contribution in [0.5, 0.6) is 0 Å². The molecule has 4 heteroatoms. The zero-order valence-corrected chi connectivity index (χ0v) is 13.2. The smallest absolute Gasteiger partial charge is 1.00 e. The van der Waals surface area contributed by atoms with E-state index in [1.165, 1.54) is 14.5 Å². The molecule has 0 spiro atoms. The monoisotopic (exact) mass is 331 g/mol. The minimum atomic E-state index is -0.589. The van der Waals surface area contributed by atoms with Crippen LogP contribution in [0.3, 0.4) is 0 Å². The second-order valence-corrected chi connectivity index (χ2v) is 6.82. The van der Waals surface area contributed by atoms with Gasteiger partial charge in [-0.25, -0.2) is 0 Å². The largest absolute Gasteiger partial charge is 1.00 e. The van der Waals surface area contributed by atoms with E-state index >= 15 is 0 Å². The van der Waals surface area contributed by atoms with Crippen molar-refractivity contribution in [2.75, 3.05) is 0 Å². The Hall–Kier alpha value is -0.0369. The summed E-state index contributed by atoms with van der Waals surface area (Å²) in [6.07, 6.45) is 8.69. The van der Waals surface area contributed by atoms with Gasteiger partial charge in [0.25, 0.3) is 0 Å². The van der Waals surface area contributed by atoms with Crippen LogP contribution in [-0.2, 0) is 23.2 Å². The van der Waals surface area contributed by atoms with Crippen LogP contribution in [0, 0.1) is 0 Å². The molecule has 0 bridgehead atoms. The molecular weight excluding hydrogens is 320 g/mol. The molecule has 1 aromatic heterocycles. The molecule has 16 heavy (non-hydrogen) atoms. The van der Waals surface area contributed by atoms with Gasteiger partial charge < -0.3 is 24.8 Å². The fourth-order valence-electron chi connectivity index (χ4n) is 1.52. The number of hydrogen-bond donors (Lipinski definition) is 1. The minimum absolute atomic E-state index is 0. The van der Waals surface area contributed by atoms with Gasteiger partial charge in [-0.1, -0.05) is 0 Å². The maximum atomic E-state index is 3.31. The molecule has 1 heterocycles. The van der Waals surface area contributed by atoms with Gasteiger partial charge in [0.05, 0.1) is 0 Å². The van der Waals surface area contributed by atoms with Crippen molar-refractivity contribution in [3.8, 4) is 0 Å². The molecular formula is C12H13Cl2NZr. The molecule has 0 aromatic carbocycles. The van der Waals surface area contributed by atoms with Crippen molar-refractivity contribution >= 4 is 3.40 Å². The first-order valence-electron chi connectivity index (χ1n) is 4.74. The maximum absolute atomic E-state index is 3.31. The van der Waals surface area contributed by atoms with Crippen molar-refractivity contribution < 1.29 is 48.0 Å². The van der Waals surface area contributed by atoms with E-state index < -0.39 is 23.2 Å². The third-order valence-electron chi connectivity index (χ3n) is 2.22. The normalized spacial score (nSPS) is 12.4. The summed E-state index contributed by atoms with van der Waals surface area (Å²) in [6, 6.07) is 4.29. The minimum Gasteiger partial charge on any atom is -1.00 e. The fourth-order valence-corrected chi connectivity index (χ4v) is 4.65. The Morgan fingerprint density at radius 3 is 2.56 bits per heavy atom. The van der Waals surface area contributed by atoms with E-state index in [0.717, 1.165) is 0 Å². The number of hydrogen-bond acceptors (Lipinski definition) is 0. The average Bonchev–Trinajstić information content (AvgIpc) is 2.75. The van der Waals surface area contributed by atoms with Crippen molar-refractivity contribution in [2.24, 2.45) is 0 Å². The van der Waals surface area contributed by atoms with Crippen LogP contribution < -0.4 is 28.2 Å². The molecule has 0 fully saturated rings.